The van der Waals surface area contributed by atoms with Gasteiger partial charge in [0.25, 0.3) is 0 Å². The second kappa shape index (κ2) is 5.31. The zero-order chi connectivity index (χ0) is 15.1. The molecule has 2 heteroatoms. The van der Waals surface area contributed by atoms with Crippen molar-refractivity contribution in [2.24, 2.45) is 0 Å². The predicted molar refractivity (Wildman–Crippen MR) is 96.9 cm³/mol. The summed E-state index contributed by atoms with van der Waals surface area (Å²) in [5.74, 6) is 0. The minimum atomic E-state index is 0.719. The molecule has 4 aromatic rings. The number of hydrogen-bond acceptors (Lipinski definition) is 0. The Bertz CT molecular complexity index is 920. The molecular weight excluding hydrogens is 311 g/mol. The molecule has 106 valence electrons. The van der Waals surface area contributed by atoms with Crippen LogP contribution in [-0.2, 0) is 0 Å². The van der Waals surface area contributed by atoms with Crippen molar-refractivity contribution in [3.63, 3.8) is 0 Å². The maximum atomic E-state index is 6.55. The second-order valence-electron chi connectivity index (χ2n) is 5.29. The van der Waals surface area contributed by atoms with E-state index in [1.807, 2.05) is 48.5 Å². The largest absolute Gasteiger partial charge is 0.0836 e. The van der Waals surface area contributed by atoms with Gasteiger partial charge in [0.15, 0.2) is 0 Å². The Hall–Kier alpha value is -2.02. The van der Waals surface area contributed by atoms with E-state index in [9.17, 15) is 0 Å². The van der Waals surface area contributed by atoms with E-state index in [4.69, 9.17) is 23.2 Å². The van der Waals surface area contributed by atoms with Crippen molar-refractivity contribution in [1.82, 2.24) is 0 Å². The summed E-state index contributed by atoms with van der Waals surface area (Å²) >= 11 is 13.1. The van der Waals surface area contributed by atoms with Crippen molar-refractivity contribution in [2.75, 3.05) is 0 Å². The second-order valence-corrected chi connectivity index (χ2v) is 6.10. The molecule has 0 aliphatic carbocycles. The topological polar surface area (TPSA) is 0 Å². The van der Waals surface area contributed by atoms with Gasteiger partial charge >= 0.3 is 0 Å². The maximum absolute atomic E-state index is 6.55. The van der Waals surface area contributed by atoms with Gasteiger partial charge in [-0.25, -0.2) is 0 Å². The van der Waals surface area contributed by atoms with Crippen LogP contribution in [-0.4, -0.2) is 0 Å². The van der Waals surface area contributed by atoms with Gasteiger partial charge in [0.1, 0.15) is 0 Å². The minimum absolute atomic E-state index is 0.719. The van der Waals surface area contributed by atoms with E-state index in [2.05, 4.69) is 24.3 Å². The van der Waals surface area contributed by atoms with Gasteiger partial charge < -0.3 is 0 Å². The molecule has 0 unspecified atom stereocenters. The molecule has 0 aromatic heterocycles. The Kier molecular flexibility index (Phi) is 3.29. The van der Waals surface area contributed by atoms with Crippen molar-refractivity contribution < 1.29 is 0 Å². The fourth-order valence-electron chi connectivity index (χ4n) is 3.00. The summed E-state index contributed by atoms with van der Waals surface area (Å²) in [6.45, 7) is 0. The lowest BCUT2D eigenvalue weighted by molar-refractivity contribution is 1.68. The first-order valence-electron chi connectivity index (χ1n) is 7.10. The molecule has 0 amide bonds. The molecule has 0 radical (unpaired) electrons. The average molecular weight is 323 g/mol. The van der Waals surface area contributed by atoms with Crippen molar-refractivity contribution >= 4 is 44.7 Å². The molecule has 0 aliphatic heterocycles. The van der Waals surface area contributed by atoms with Crippen LogP contribution in [0, 0.1) is 0 Å². The van der Waals surface area contributed by atoms with E-state index in [0.29, 0.717) is 0 Å². The first-order chi connectivity index (χ1) is 10.8. The van der Waals surface area contributed by atoms with Crippen LogP contribution < -0.4 is 0 Å². The third kappa shape index (κ3) is 2.08. The molecule has 0 saturated heterocycles. The molecule has 0 atom stereocenters. The van der Waals surface area contributed by atoms with E-state index >= 15 is 0 Å². The summed E-state index contributed by atoms with van der Waals surface area (Å²) < 4.78 is 0. The van der Waals surface area contributed by atoms with Crippen LogP contribution in [0.1, 0.15) is 0 Å². The molecule has 0 N–H and O–H groups in total. The molecule has 0 fully saturated rings. The highest BCUT2D eigenvalue weighted by atomic mass is 35.5. The molecule has 4 aromatic carbocycles. The highest BCUT2D eigenvalue weighted by molar-refractivity contribution is 6.39. The number of benzene rings is 4. The predicted octanol–water partition coefficient (Wildman–Crippen LogP) is 6.97. The smallest absolute Gasteiger partial charge is 0.0491 e. The van der Waals surface area contributed by atoms with Gasteiger partial charge in [-0.05, 0) is 33.7 Å². The number of halogens is 2. The third-order valence-corrected chi connectivity index (χ3v) is 4.64. The summed E-state index contributed by atoms with van der Waals surface area (Å²) in [5, 5.41) is 5.99. The van der Waals surface area contributed by atoms with Crippen LogP contribution in [0.5, 0.6) is 0 Å². The van der Waals surface area contributed by atoms with Crippen LogP contribution in [0.15, 0.2) is 72.8 Å². The minimum Gasteiger partial charge on any atom is -0.0836 e. The van der Waals surface area contributed by atoms with Gasteiger partial charge in [0, 0.05) is 21.2 Å². The van der Waals surface area contributed by atoms with Crippen molar-refractivity contribution in [2.45, 2.75) is 0 Å². The molecule has 0 heterocycles. The fourth-order valence-corrected chi connectivity index (χ4v) is 3.52. The van der Waals surface area contributed by atoms with E-state index in [1.165, 1.54) is 0 Å². The molecule has 0 bridgehead atoms. The molecule has 4 rings (SSSR count). The van der Waals surface area contributed by atoms with Gasteiger partial charge in [-0.3, -0.25) is 0 Å². The Morgan fingerprint density at radius 3 is 1.32 bits per heavy atom. The molecule has 22 heavy (non-hydrogen) atoms. The summed E-state index contributed by atoms with van der Waals surface area (Å²) in [7, 11) is 0. The van der Waals surface area contributed by atoms with Gasteiger partial charge in [-0.2, -0.15) is 0 Å². The lowest BCUT2D eigenvalue weighted by atomic mass is 9.94. The summed E-state index contributed by atoms with van der Waals surface area (Å²) in [5.41, 5.74) is 2.00. The van der Waals surface area contributed by atoms with Crippen LogP contribution in [0.3, 0.4) is 0 Å². The summed E-state index contributed by atoms with van der Waals surface area (Å²) in [4.78, 5) is 0. The zero-order valence-electron chi connectivity index (χ0n) is 11.7. The van der Waals surface area contributed by atoms with Crippen molar-refractivity contribution in [1.29, 1.82) is 0 Å². The van der Waals surface area contributed by atoms with Crippen LogP contribution in [0.4, 0.5) is 0 Å². The number of rotatable bonds is 1. The SMILES string of the molecule is Clc1ccc2ccccc2c1-c1c(Cl)ccc2ccccc12. The average Bonchev–Trinajstić information content (AvgIpc) is 2.56. The quantitative estimate of drug-likeness (QED) is 0.355. The Balaban J connectivity index is 2.21. The Morgan fingerprint density at radius 2 is 0.864 bits per heavy atom. The van der Waals surface area contributed by atoms with Crippen LogP contribution in [0.2, 0.25) is 10.0 Å². The molecular formula is C20H12Cl2. The summed E-state index contributed by atoms with van der Waals surface area (Å²) in [6, 6.07) is 24.5. The molecule has 0 nitrogen and oxygen atoms in total. The standard InChI is InChI=1S/C20H12Cl2/c21-17-11-9-13-5-1-3-7-15(13)19(17)20-16-8-4-2-6-14(16)10-12-18(20)22/h1-12H. The normalized spacial score (nSPS) is 11.2. The number of hydrogen-bond donors (Lipinski definition) is 0. The van der Waals surface area contributed by atoms with E-state index in [0.717, 1.165) is 42.7 Å². The zero-order valence-corrected chi connectivity index (χ0v) is 13.2. The lowest BCUT2D eigenvalue weighted by Gasteiger charge is -2.14. The van der Waals surface area contributed by atoms with E-state index in [-0.39, 0.29) is 0 Å². The van der Waals surface area contributed by atoms with Gasteiger partial charge in [-0.15, -0.1) is 0 Å². The van der Waals surface area contributed by atoms with Crippen molar-refractivity contribution in [3.05, 3.63) is 82.8 Å². The van der Waals surface area contributed by atoms with E-state index in [1.54, 1.807) is 0 Å². The van der Waals surface area contributed by atoms with Gasteiger partial charge in [-0.1, -0.05) is 83.9 Å². The summed E-state index contributed by atoms with van der Waals surface area (Å²) in [6.07, 6.45) is 0. The first-order valence-corrected chi connectivity index (χ1v) is 7.86. The highest BCUT2D eigenvalue weighted by Gasteiger charge is 2.14. The lowest BCUT2D eigenvalue weighted by Crippen LogP contribution is -1.87. The number of fused-ring (bicyclic) bond motifs is 2. The first kappa shape index (κ1) is 13.6. The van der Waals surface area contributed by atoms with Crippen molar-refractivity contribution in [3.8, 4) is 11.1 Å². The van der Waals surface area contributed by atoms with Gasteiger partial charge in [0.2, 0.25) is 0 Å². The van der Waals surface area contributed by atoms with E-state index < -0.39 is 0 Å². The Labute approximate surface area is 138 Å². The molecule has 0 spiro atoms. The Morgan fingerprint density at radius 1 is 0.455 bits per heavy atom. The monoisotopic (exact) mass is 322 g/mol. The molecule has 0 aliphatic rings. The third-order valence-electron chi connectivity index (χ3n) is 4.01. The molecule has 0 saturated carbocycles. The van der Waals surface area contributed by atoms with Crippen LogP contribution >= 0.6 is 23.2 Å². The highest BCUT2D eigenvalue weighted by Crippen LogP contribution is 2.42. The fraction of sp³-hybridized carbons (Fsp3) is 0. The van der Waals surface area contributed by atoms with Gasteiger partial charge in [0.05, 0.1) is 0 Å². The van der Waals surface area contributed by atoms with Crippen LogP contribution in [0.25, 0.3) is 32.7 Å². The maximum Gasteiger partial charge on any atom is 0.0491 e.